The zero-order chi connectivity index (χ0) is 15.5. The maximum atomic E-state index is 12.4. The number of nitrogens with zero attached hydrogens (tertiary/aromatic N) is 1. The Morgan fingerprint density at radius 2 is 1.95 bits per heavy atom. The summed E-state index contributed by atoms with van der Waals surface area (Å²) in [7, 11) is -3.65. The van der Waals surface area contributed by atoms with E-state index in [2.05, 4.69) is 9.71 Å². The van der Waals surface area contributed by atoms with Crippen molar-refractivity contribution in [2.24, 2.45) is 5.73 Å². The molecule has 110 valence electrons. The van der Waals surface area contributed by atoms with Gasteiger partial charge < -0.3 is 5.73 Å². The molecular formula is C14H15N3O2S2. The quantitative estimate of drug-likeness (QED) is 0.820. The van der Waals surface area contributed by atoms with Gasteiger partial charge in [0.15, 0.2) is 0 Å². The average molecular weight is 321 g/mol. The molecule has 0 aliphatic carbocycles. The van der Waals surface area contributed by atoms with Crippen LogP contribution in [-0.4, -0.2) is 18.4 Å². The molecule has 21 heavy (non-hydrogen) atoms. The Kier molecular flexibility index (Phi) is 4.66. The highest BCUT2D eigenvalue weighted by atomic mass is 32.2. The number of pyridine rings is 1. The molecule has 0 amide bonds. The largest absolute Gasteiger partial charge is 0.389 e. The summed E-state index contributed by atoms with van der Waals surface area (Å²) < 4.78 is 27.4. The van der Waals surface area contributed by atoms with Gasteiger partial charge in [-0.25, -0.2) is 13.1 Å². The second-order valence-corrected chi connectivity index (χ2v) is 6.67. The van der Waals surface area contributed by atoms with Crippen molar-refractivity contribution in [2.45, 2.75) is 17.9 Å². The molecular weight excluding hydrogens is 306 g/mol. The lowest BCUT2D eigenvalue weighted by atomic mass is 10.1. The van der Waals surface area contributed by atoms with E-state index in [1.165, 1.54) is 12.1 Å². The molecule has 0 bridgehead atoms. The van der Waals surface area contributed by atoms with Crippen LogP contribution >= 0.6 is 12.2 Å². The third kappa shape index (κ3) is 3.84. The monoisotopic (exact) mass is 321 g/mol. The van der Waals surface area contributed by atoms with Crippen LogP contribution in [0.25, 0.3) is 0 Å². The molecule has 1 aromatic heterocycles. The molecule has 0 fully saturated rings. The highest BCUT2D eigenvalue weighted by Crippen LogP contribution is 2.17. The van der Waals surface area contributed by atoms with Crippen molar-refractivity contribution in [3.63, 3.8) is 0 Å². The standard InChI is InChI=1S/C14H15N3O2S2/c1-10(11-5-7-16-8-6-11)17-21(18,19)13-4-2-3-12(9-13)14(15)20/h2-10,17H,1H3,(H2,15,20). The van der Waals surface area contributed by atoms with Gasteiger partial charge in [0.25, 0.3) is 0 Å². The second-order valence-electron chi connectivity index (χ2n) is 4.52. The van der Waals surface area contributed by atoms with Gasteiger partial charge in [-0.1, -0.05) is 24.4 Å². The van der Waals surface area contributed by atoms with Gasteiger partial charge in [-0.05, 0) is 36.8 Å². The van der Waals surface area contributed by atoms with E-state index in [1.54, 1.807) is 43.6 Å². The zero-order valence-electron chi connectivity index (χ0n) is 11.4. The fraction of sp³-hybridized carbons (Fsp3) is 0.143. The molecule has 0 radical (unpaired) electrons. The van der Waals surface area contributed by atoms with Crippen molar-refractivity contribution in [2.75, 3.05) is 0 Å². The molecule has 1 unspecified atom stereocenters. The van der Waals surface area contributed by atoms with Crippen LogP contribution in [0.15, 0.2) is 53.7 Å². The number of benzene rings is 1. The Labute approximate surface area is 129 Å². The van der Waals surface area contributed by atoms with Gasteiger partial charge in [-0.15, -0.1) is 0 Å². The number of hydrogen-bond acceptors (Lipinski definition) is 4. The van der Waals surface area contributed by atoms with E-state index in [1.807, 2.05) is 0 Å². The SMILES string of the molecule is CC(NS(=O)(=O)c1cccc(C(N)=S)c1)c1ccncc1. The summed E-state index contributed by atoms with van der Waals surface area (Å²) in [5, 5.41) is 0. The lowest BCUT2D eigenvalue weighted by molar-refractivity contribution is 0.567. The van der Waals surface area contributed by atoms with Crippen molar-refractivity contribution >= 4 is 27.2 Å². The van der Waals surface area contributed by atoms with Crippen LogP contribution < -0.4 is 10.5 Å². The van der Waals surface area contributed by atoms with E-state index in [-0.39, 0.29) is 15.9 Å². The number of aromatic nitrogens is 1. The van der Waals surface area contributed by atoms with Gasteiger partial charge in [0.2, 0.25) is 10.0 Å². The van der Waals surface area contributed by atoms with Crippen molar-refractivity contribution < 1.29 is 8.42 Å². The van der Waals surface area contributed by atoms with Crippen molar-refractivity contribution in [1.29, 1.82) is 0 Å². The molecule has 1 atom stereocenters. The van der Waals surface area contributed by atoms with Crippen LogP contribution in [0.4, 0.5) is 0 Å². The lowest BCUT2D eigenvalue weighted by Crippen LogP contribution is -2.27. The summed E-state index contributed by atoms with van der Waals surface area (Å²) in [6, 6.07) is 9.41. The zero-order valence-corrected chi connectivity index (χ0v) is 13.0. The fourth-order valence-electron chi connectivity index (χ4n) is 1.84. The summed E-state index contributed by atoms with van der Waals surface area (Å²) >= 11 is 4.86. The number of nitrogens with one attached hydrogen (secondary N) is 1. The molecule has 0 saturated carbocycles. The van der Waals surface area contributed by atoms with Gasteiger partial charge >= 0.3 is 0 Å². The predicted molar refractivity (Wildman–Crippen MR) is 85.3 cm³/mol. The van der Waals surface area contributed by atoms with Crippen LogP contribution in [0, 0.1) is 0 Å². The van der Waals surface area contributed by atoms with Crippen molar-refractivity contribution in [3.05, 3.63) is 59.9 Å². The summed E-state index contributed by atoms with van der Waals surface area (Å²) in [4.78, 5) is 4.20. The highest BCUT2D eigenvalue weighted by molar-refractivity contribution is 7.89. The minimum absolute atomic E-state index is 0.133. The van der Waals surface area contributed by atoms with E-state index < -0.39 is 10.0 Å². The van der Waals surface area contributed by atoms with Crippen LogP contribution in [0.5, 0.6) is 0 Å². The van der Waals surface area contributed by atoms with Gasteiger partial charge in [0.1, 0.15) is 4.99 Å². The molecule has 0 spiro atoms. The van der Waals surface area contributed by atoms with Gasteiger partial charge in [0, 0.05) is 24.0 Å². The average Bonchev–Trinajstić information content (AvgIpc) is 2.48. The van der Waals surface area contributed by atoms with Crippen LogP contribution in [0.3, 0.4) is 0 Å². The first-order valence-electron chi connectivity index (χ1n) is 6.22. The Morgan fingerprint density at radius 1 is 1.29 bits per heavy atom. The maximum absolute atomic E-state index is 12.4. The number of rotatable bonds is 5. The van der Waals surface area contributed by atoms with E-state index in [0.29, 0.717) is 5.56 Å². The number of hydrogen-bond donors (Lipinski definition) is 2. The Bertz CT molecular complexity index is 746. The molecule has 1 aromatic carbocycles. The maximum Gasteiger partial charge on any atom is 0.241 e. The van der Waals surface area contributed by atoms with E-state index in [4.69, 9.17) is 18.0 Å². The Balaban J connectivity index is 2.26. The summed E-state index contributed by atoms with van der Waals surface area (Å²) in [6.45, 7) is 1.77. The van der Waals surface area contributed by atoms with E-state index in [0.717, 1.165) is 5.56 Å². The fourth-order valence-corrected chi connectivity index (χ4v) is 3.24. The molecule has 3 N–H and O–H groups in total. The minimum atomic E-state index is -3.65. The van der Waals surface area contributed by atoms with E-state index >= 15 is 0 Å². The van der Waals surface area contributed by atoms with Crippen molar-refractivity contribution in [3.8, 4) is 0 Å². The topological polar surface area (TPSA) is 85.1 Å². The number of sulfonamides is 1. The summed E-state index contributed by atoms with van der Waals surface area (Å²) in [5.41, 5.74) is 6.88. The number of thiocarbonyl (C=S) groups is 1. The van der Waals surface area contributed by atoms with Crippen molar-refractivity contribution in [1.82, 2.24) is 9.71 Å². The summed E-state index contributed by atoms with van der Waals surface area (Å²) in [6.07, 6.45) is 3.24. The molecule has 0 aliphatic heterocycles. The second kappa shape index (κ2) is 6.30. The van der Waals surface area contributed by atoms with Crippen LogP contribution in [0.1, 0.15) is 24.1 Å². The Morgan fingerprint density at radius 3 is 2.57 bits per heavy atom. The van der Waals surface area contributed by atoms with Gasteiger partial charge in [-0.2, -0.15) is 0 Å². The first-order valence-corrected chi connectivity index (χ1v) is 8.11. The lowest BCUT2D eigenvalue weighted by Gasteiger charge is -2.14. The van der Waals surface area contributed by atoms with Crippen LogP contribution in [0.2, 0.25) is 0 Å². The molecule has 5 nitrogen and oxygen atoms in total. The molecule has 1 heterocycles. The normalized spacial score (nSPS) is 12.8. The van der Waals surface area contributed by atoms with E-state index in [9.17, 15) is 8.42 Å². The minimum Gasteiger partial charge on any atom is -0.389 e. The number of nitrogens with two attached hydrogens (primary N) is 1. The smallest absolute Gasteiger partial charge is 0.241 e. The predicted octanol–water partition coefficient (Wildman–Crippen LogP) is 1.76. The molecule has 0 aliphatic rings. The Hall–Kier alpha value is -1.83. The highest BCUT2D eigenvalue weighted by Gasteiger charge is 2.18. The first kappa shape index (κ1) is 15.6. The third-order valence-electron chi connectivity index (χ3n) is 2.97. The molecule has 2 aromatic rings. The third-order valence-corrected chi connectivity index (χ3v) is 4.74. The first-order chi connectivity index (χ1) is 9.90. The molecule has 0 saturated heterocycles. The van der Waals surface area contributed by atoms with Crippen LogP contribution in [-0.2, 0) is 10.0 Å². The van der Waals surface area contributed by atoms with Gasteiger partial charge in [0.05, 0.1) is 4.90 Å². The molecule has 2 rings (SSSR count). The van der Waals surface area contributed by atoms with Gasteiger partial charge in [-0.3, -0.25) is 4.98 Å². The molecule has 7 heteroatoms. The summed E-state index contributed by atoms with van der Waals surface area (Å²) in [5.74, 6) is 0.